The van der Waals surface area contributed by atoms with Crippen molar-refractivity contribution in [2.24, 2.45) is 0 Å². The molecule has 2 rings (SSSR count). The predicted molar refractivity (Wildman–Crippen MR) is 82.0 cm³/mol. The van der Waals surface area contributed by atoms with Crippen molar-refractivity contribution >= 4 is 33.4 Å². The minimum absolute atomic E-state index is 0.482. The van der Waals surface area contributed by atoms with Crippen LogP contribution in [0.1, 0.15) is 31.2 Å². The zero-order valence-corrected chi connectivity index (χ0v) is 12.9. The Kier molecular flexibility index (Phi) is 4.96. The van der Waals surface area contributed by atoms with E-state index in [-0.39, 0.29) is 0 Å². The highest BCUT2D eigenvalue weighted by atomic mass is 79.9. The Morgan fingerprint density at radius 1 is 1.39 bits per heavy atom. The molecule has 4 heteroatoms. The van der Waals surface area contributed by atoms with Crippen molar-refractivity contribution in [3.05, 3.63) is 28.2 Å². The lowest BCUT2D eigenvalue weighted by molar-refractivity contribution is 0.475. The van der Waals surface area contributed by atoms with Crippen molar-refractivity contribution in [1.82, 2.24) is 0 Å². The lowest BCUT2D eigenvalue weighted by Crippen LogP contribution is -2.34. The number of nitrogens with one attached hydrogen (secondary N) is 1. The van der Waals surface area contributed by atoms with Crippen LogP contribution in [-0.2, 0) is 0 Å². The Morgan fingerprint density at radius 2 is 2.17 bits per heavy atom. The fourth-order valence-corrected chi connectivity index (χ4v) is 3.89. The molecular formula is C14H17BrN2S. The molecule has 1 aromatic rings. The summed E-state index contributed by atoms with van der Waals surface area (Å²) in [5, 5.41) is 13.5. The van der Waals surface area contributed by atoms with Gasteiger partial charge in [-0.3, -0.25) is 0 Å². The number of halogens is 1. The minimum Gasteiger partial charge on any atom is -0.380 e. The van der Waals surface area contributed by atoms with E-state index in [1.165, 1.54) is 25.7 Å². The first kappa shape index (κ1) is 13.8. The van der Waals surface area contributed by atoms with Crippen LogP contribution < -0.4 is 5.32 Å². The largest absolute Gasteiger partial charge is 0.380 e. The summed E-state index contributed by atoms with van der Waals surface area (Å²) in [6.07, 6.45) is 7.26. The highest BCUT2D eigenvalue weighted by molar-refractivity contribution is 9.10. The molecule has 96 valence electrons. The molecule has 1 aliphatic carbocycles. The van der Waals surface area contributed by atoms with Gasteiger partial charge in [0.05, 0.1) is 11.3 Å². The molecule has 1 fully saturated rings. The maximum Gasteiger partial charge on any atom is 0.103 e. The molecule has 0 amide bonds. The van der Waals surface area contributed by atoms with Gasteiger partial charge < -0.3 is 5.32 Å². The molecule has 2 unspecified atom stereocenters. The summed E-state index contributed by atoms with van der Waals surface area (Å²) in [5.74, 6) is 0. The van der Waals surface area contributed by atoms with Crippen LogP contribution in [0.25, 0.3) is 0 Å². The Labute approximate surface area is 121 Å². The van der Waals surface area contributed by atoms with Crippen molar-refractivity contribution < 1.29 is 0 Å². The lowest BCUT2D eigenvalue weighted by atomic mass is 9.94. The molecule has 1 aliphatic rings. The number of thioether (sulfide) groups is 1. The topological polar surface area (TPSA) is 35.8 Å². The third kappa shape index (κ3) is 3.02. The quantitative estimate of drug-likeness (QED) is 0.894. The van der Waals surface area contributed by atoms with E-state index in [4.69, 9.17) is 0 Å². The van der Waals surface area contributed by atoms with Crippen molar-refractivity contribution in [2.75, 3.05) is 11.6 Å². The maximum absolute atomic E-state index is 9.23. The van der Waals surface area contributed by atoms with Crippen LogP contribution in [-0.4, -0.2) is 17.5 Å². The second-order valence-corrected chi connectivity index (χ2v) is 6.51. The number of benzene rings is 1. The van der Waals surface area contributed by atoms with Crippen LogP contribution in [0.3, 0.4) is 0 Å². The zero-order valence-electron chi connectivity index (χ0n) is 10.4. The predicted octanol–water partition coefficient (Wildman–Crippen LogP) is 4.41. The van der Waals surface area contributed by atoms with Gasteiger partial charge in [0.1, 0.15) is 6.07 Å². The van der Waals surface area contributed by atoms with E-state index in [0.717, 1.165) is 10.2 Å². The lowest BCUT2D eigenvalue weighted by Gasteiger charge is -2.32. The van der Waals surface area contributed by atoms with E-state index in [0.29, 0.717) is 16.9 Å². The second kappa shape index (κ2) is 6.49. The van der Waals surface area contributed by atoms with Crippen LogP contribution in [0.5, 0.6) is 0 Å². The number of rotatable bonds is 3. The molecule has 0 bridgehead atoms. The zero-order chi connectivity index (χ0) is 13.0. The van der Waals surface area contributed by atoms with Crippen LogP contribution in [0, 0.1) is 11.3 Å². The van der Waals surface area contributed by atoms with Crippen LogP contribution >= 0.6 is 27.7 Å². The van der Waals surface area contributed by atoms with Gasteiger partial charge in [0.2, 0.25) is 0 Å². The smallest absolute Gasteiger partial charge is 0.103 e. The van der Waals surface area contributed by atoms with Gasteiger partial charge in [0.25, 0.3) is 0 Å². The summed E-state index contributed by atoms with van der Waals surface area (Å²) in [6, 6.07) is 8.64. The molecule has 18 heavy (non-hydrogen) atoms. The Morgan fingerprint density at radius 3 is 2.89 bits per heavy atom. The summed E-state index contributed by atoms with van der Waals surface area (Å²) < 4.78 is 0.867. The molecule has 0 saturated heterocycles. The van der Waals surface area contributed by atoms with E-state index in [2.05, 4.69) is 33.6 Å². The average Bonchev–Trinajstić information content (AvgIpc) is 2.40. The van der Waals surface area contributed by atoms with E-state index < -0.39 is 0 Å². The highest BCUT2D eigenvalue weighted by Crippen LogP contribution is 2.31. The molecule has 2 atom stereocenters. The van der Waals surface area contributed by atoms with E-state index >= 15 is 0 Å². The fraction of sp³-hybridized carbons (Fsp3) is 0.500. The van der Waals surface area contributed by atoms with E-state index in [1.54, 1.807) is 0 Å². The number of nitriles is 1. The first-order valence-corrected chi connectivity index (χ1v) is 8.32. The molecular weight excluding hydrogens is 308 g/mol. The molecule has 0 heterocycles. The first-order chi connectivity index (χ1) is 8.76. The summed E-state index contributed by atoms with van der Waals surface area (Å²) in [6.45, 7) is 0. The Bertz CT molecular complexity index is 456. The second-order valence-electron chi connectivity index (χ2n) is 4.58. The molecule has 1 aromatic carbocycles. The summed E-state index contributed by atoms with van der Waals surface area (Å²) in [7, 11) is 0. The first-order valence-electron chi connectivity index (χ1n) is 6.24. The summed E-state index contributed by atoms with van der Waals surface area (Å²) in [5.41, 5.74) is 1.67. The van der Waals surface area contributed by atoms with Crippen molar-refractivity contribution in [2.45, 2.75) is 37.0 Å². The summed E-state index contributed by atoms with van der Waals surface area (Å²) in [4.78, 5) is 0. The van der Waals surface area contributed by atoms with Gasteiger partial charge in [0, 0.05) is 15.8 Å². The van der Waals surface area contributed by atoms with Crippen LogP contribution in [0.4, 0.5) is 5.69 Å². The van der Waals surface area contributed by atoms with E-state index in [9.17, 15) is 5.26 Å². The normalized spacial score (nSPS) is 23.4. The number of anilines is 1. The SMILES string of the molecule is CSC1CCCCC1Nc1cccc(Br)c1C#N. The average molecular weight is 325 g/mol. The van der Waals surface area contributed by atoms with Gasteiger partial charge in [-0.05, 0) is 47.2 Å². The maximum atomic E-state index is 9.23. The molecule has 0 radical (unpaired) electrons. The highest BCUT2D eigenvalue weighted by Gasteiger charge is 2.24. The van der Waals surface area contributed by atoms with Crippen molar-refractivity contribution in [3.63, 3.8) is 0 Å². The monoisotopic (exact) mass is 324 g/mol. The third-order valence-corrected chi connectivity index (χ3v) is 5.30. The minimum atomic E-state index is 0.482. The van der Waals surface area contributed by atoms with Crippen molar-refractivity contribution in [1.29, 1.82) is 5.26 Å². The van der Waals surface area contributed by atoms with E-state index in [1.807, 2.05) is 30.0 Å². The van der Waals surface area contributed by atoms with Gasteiger partial charge in [-0.2, -0.15) is 17.0 Å². The third-order valence-electron chi connectivity index (χ3n) is 3.47. The van der Waals surface area contributed by atoms with Crippen LogP contribution in [0.2, 0.25) is 0 Å². The molecule has 1 saturated carbocycles. The molecule has 0 aliphatic heterocycles. The fourth-order valence-electron chi connectivity index (χ4n) is 2.50. The number of hydrogen-bond donors (Lipinski definition) is 1. The number of nitrogens with zero attached hydrogens (tertiary/aromatic N) is 1. The van der Waals surface area contributed by atoms with Crippen molar-refractivity contribution in [3.8, 4) is 6.07 Å². The molecule has 0 aromatic heterocycles. The van der Waals surface area contributed by atoms with Gasteiger partial charge in [-0.25, -0.2) is 0 Å². The molecule has 1 N–H and O–H groups in total. The van der Waals surface area contributed by atoms with Crippen LogP contribution in [0.15, 0.2) is 22.7 Å². The molecule has 0 spiro atoms. The Balaban J connectivity index is 2.18. The number of hydrogen-bond acceptors (Lipinski definition) is 3. The summed E-state index contributed by atoms with van der Waals surface area (Å²) >= 11 is 5.37. The Hall–Kier alpha value is -0.660. The van der Waals surface area contributed by atoms with Gasteiger partial charge in [-0.15, -0.1) is 0 Å². The van der Waals surface area contributed by atoms with Gasteiger partial charge >= 0.3 is 0 Å². The standard InChI is InChI=1S/C14H17BrN2S/c1-18-14-8-3-2-6-13(14)17-12-7-4-5-11(15)10(12)9-16/h4-5,7,13-14,17H,2-3,6,8H2,1H3. The van der Waals surface area contributed by atoms with Gasteiger partial charge in [0.15, 0.2) is 0 Å². The molecule has 2 nitrogen and oxygen atoms in total. The van der Waals surface area contributed by atoms with Gasteiger partial charge in [-0.1, -0.05) is 18.9 Å².